The van der Waals surface area contributed by atoms with Crippen molar-refractivity contribution in [3.8, 4) is 0 Å². The predicted octanol–water partition coefficient (Wildman–Crippen LogP) is 17.1. The van der Waals surface area contributed by atoms with Crippen LogP contribution in [0.5, 0.6) is 0 Å². The van der Waals surface area contributed by atoms with Gasteiger partial charge < -0.3 is 20.3 Å². The van der Waals surface area contributed by atoms with E-state index in [1.54, 1.807) is 0 Å². The molecule has 6 heteroatoms. The number of aliphatic hydroxyl groups is 2. The van der Waals surface area contributed by atoms with Gasteiger partial charge in [0, 0.05) is 12.8 Å². The Labute approximate surface area is 392 Å². The number of ether oxygens (including phenoxy) is 1. The van der Waals surface area contributed by atoms with Crippen LogP contribution in [0.1, 0.15) is 303 Å². The Bertz CT molecular complexity index is 982. The topological polar surface area (TPSA) is 95.9 Å². The molecule has 0 bridgehead atoms. The molecule has 2 atom stereocenters. The Morgan fingerprint density at radius 2 is 0.746 bits per heavy atom. The molecule has 0 saturated carbocycles. The fourth-order valence-corrected chi connectivity index (χ4v) is 8.63. The smallest absolute Gasteiger partial charge is 0.305 e. The summed E-state index contributed by atoms with van der Waals surface area (Å²) in [7, 11) is 0. The number of nitrogens with one attached hydrogen (secondary N) is 1. The Morgan fingerprint density at radius 3 is 1.14 bits per heavy atom. The van der Waals surface area contributed by atoms with Crippen molar-refractivity contribution in [3.63, 3.8) is 0 Å². The van der Waals surface area contributed by atoms with Crippen molar-refractivity contribution in [2.24, 2.45) is 0 Å². The van der Waals surface area contributed by atoms with Gasteiger partial charge >= 0.3 is 5.97 Å². The Morgan fingerprint density at radius 1 is 0.429 bits per heavy atom. The zero-order valence-electron chi connectivity index (χ0n) is 42.3. The van der Waals surface area contributed by atoms with Gasteiger partial charge in [-0.1, -0.05) is 237 Å². The van der Waals surface area contributed by atoms with E-state index >= 15 is 0 Å². The second-order valence-electron chi connectivity index (χ2n) is 19.3. The van der Waals surface area contributed by atoms with Crippen LogP contribution in [0.25, 0.3) is 0 Å². The summed E-state index contributed by atoms with van der Waals surface area (Å²) in [6, 6.07) is -0.563. The molecule has 0 heterocycles. The van der Waals surface area contributed by atoms with Gasteiger partial charge in [0.25, 0.3) is 0 Å². The summed E-state index contributed by atoms with van der Waals surface area (Å²) < 4.78 is 5.43. The van der Waals surface area contributed by atoms with Crippen LogP contribution < -0.4 is 5.32 Å². The monoisotopic (exact) mass is 888 g/mol. The first-order valence-electron chi connectivity index (χ1n) is 28.1. The van der Waals surface area contributed by atoms with Gasteiger partial charge in [0.2, 0.25) is 5.91 Å². The van der Waals surface area contributed by atoms with Crippen molar-refractivity contribution >= 4 is 11.9 Å². The maximum Gasteiger partial charge on any atom is 0.305 e. The summed E-state index contributed by atoms with van der Waals surface area (Å²) in [6.07, 6.45) is 63.1. The van der Waals surface area contributed by atoms with Gasteiger partial charge in [0.05, 0.1) is 25.4 Å². The van der Waals surface area contributed by atoms with Gasteiger partial charge in [-0.15, -0.1) is 0 Å². The van der Waals surface area contributed by atoms with Crippen LogP contribution in [0.2, 0.25) is 0 Å². The van der Waals surface area contributed by atoms with Crippen LogP contribution in [0, 0.1) is 0 Å². The Kier molecular flexibility index (Phi) is 51.6. The van der Waals surface area contributed by atoms with Gasteiger partial charge in [-0.2, -0.15) is 0 Å². The molecular weight excluding hydrogens is 779 g/mol. The van der Waals surface area contributed by atoms with Crippen molar-refractivity contribution in [1.29, 1.82) is 0 Å². The molecule has 0 fully saturated rings. The molecule has 0 rings (SSSR count). The van der Waals surface area contributed by atoms with E-state index in [1.807, 2.05) is 0 Å². The highest BCUT2D eigenvalue weighted by Gasteiger charge is 2.20. The number of carbonyl (C=O) groups is 2. The number of aliphatic hydroxyl groups excluding tert-OH is 2. The lowest BCUT2D eigenvalue weighted by Gasteiger charge is -2.22. The lowest BCUT2D eigenvalue weighted by atomic mass is 10.0. The molecule has 372 valence electrons. The standard InChI is InChI=1S/C57H109NO5/c1-3-5-7-9-11-13-15-17-18-19-20-21-22-23-24-25-27-29-33-37-41-45-49-55(60)54(53-59)58-56(61)50-46-42-38-34-30-28-32-36-40-44-48-52-63-57(62)51-47-43-39-35-31-26-16-14-12-10-8-6-4-2/h14,16,32,36,54-55,59-60H,3-13,15,17-31,33-35,37-53H2,1-2H3,(H,58,61)/b16-14-,36-32-. The molecule has 0 radical (unpaired) electrons. The van der Waals surface area contributed by atoms with E-state index in [0.29, 0.717) is 25.9 Å². The van der Waals surface area contributed by atoms with Gasteiger partial charge in [0.1, 0.15) is 0 Å². The Balaban J connectivity index is 3.51. The predicted molar refractivity (Wildman–Crippen MR) is 273 cm³/mol. The maximum absolute atomic E-state index is 12.5. The summed E-state index contributed by atoms with van der Waals surface area (Å²) in [5, 5.41) is 23.3. The van der Waals surface area contributed by atoms with Gasteiger partial charge in [-0.3, -0.25) is 9.59 Å². The van der Waals surface area contributed by atoms with Crippen molar-refractivity contribution in [3.05, 3.63) is 24.3 Å². The van der Waals surface area contributed by atoms with E-state index in [2.05, 4.69) is 43.5 Å². The van der Waals surface area contributed by atoms with Gasteiger partial charge in [-0.25, -0.2) is 0 Å². The number of allylic oxidation sites excluding steroid dienone is 4. The number of hydrogen-bond acceptors (Lipinski definition) is 5. The van der Waals surface area contributed by atoms with Crippen LogP contribution in [0.4, 0.5) is 0 Å². The first kappa shape index (κ1) is 61.3. The highest BCUT2D eigenvalue weighted by molar-refractivity contribution is 5.76. The summed E-state index contributed by atoms with van der Waals surface area (Å²) in [5.41, 5.74) is 0. The lowest BCUT2D eigenvalue weighted by Crippen LogP contribution is -2.45. The number of esters is 1. The molecule has 0 aromatic rings. The SMILES string of the molecule is CCCCCC/C=C\CCCCCCCC(=O)OCCCC/C=C\CCCCCCCC(=O)NC(CO)C(O)CCCCCCCCCCCCCCCCCCCCCCCC. The lowest BCUT2D eigenvalue weighted by molar-refractivity contribution is -0.143. The number of unbranched alkanes of at least 4 members (excludes halogenated alkanes) is 37. The molecule has 0 aromatic heterocycles. The fraction of sp³-hybridized carbons (Fsp3) is 0.895. The molecule has 63 heavy (non-hydrogen) atoms. The molecule has 6 nitrogen and oxygen atoms in total. The molecule has 0 aliphatic carbocycles. The third-order valence-electron chi connectivity index (χ3n) is 13.0. The number of hydrogen-bond donors (Lipinski definition) is 3. The highest BCUT2D eigenvalue weighted by Crippen LogP contribution is 2.17. The summed E-state index contributed by atoms with van der Waals surface area (Å²) in [4.78, 5) is 24.5. The highest BCUT2D eigenvalue weighted by atomic mass is 16.5. The quantitative estimate of drug-likeness (QED) is 0.0321. The van der Waals surface area contributed by atoms with Crippen molar-refractivity contribution in [2.75, 3.05) is 13.2 Å². The molecule has 2 unspecified atom stereocenters. The van der Waals surface area contributed by atoms with Crippen LogP contribution in [-0.4, -0.2) is 47.4 Å². The van der Waals surface area contributed by atoms with Crippen LogP contribution in [0.3, 0.4) is 0 Å². The Hall–Kier alpha value is -1.66. The molecule has 0 aromatic carbocycles. The third-order valence-corrected chi connectivity index (χ3v) is 13.0. The third kappa shape index (κ3) is 49.6. The van der Waals surface area contributed by atoms with E-state index in [1.165, 1.54) is 186 Å². The van der Waals surface area contributed by atoms with E-state index in [0.717, 1.165) is 83.5 Å². The average molecular weight is 889 g/mol. The normalized spacial score (nSPS) is 12.8. The van der Waals surface area contributed by atoms with Crippen molar-refractivity contribution in [1.82, 2.24) is 5.32 Å². The first-order chi connectivity index (χ1) is 31.0. The van der Waals surface area contributed by atoms with E-state index < -0.39 is 12.1 Å². The average Bonchev–Trinajstić information content (AvgIpc) is 3.28. The van der Waals surface area contributed by atoms with E-state index in [-0.39, 0.29) is 18.5 Å². The molecular formula is C57H109NO5. The van der Waals surface area contributed by atoms with Crippen molar-refractivity contribution in [2.45, 2.75) is 315 Å². The molecule has 1 amide bonds. The molecule has 0 aliphatic rings. The first-order valence-corrected chi connectivity index (χ1v) is 28.1. The van der Waals surface area contributed by atoms with Crippen molar-refractivity contribution < 1.29 is 24.5 Å². The molecule has 0 aliphatic heterocycles. The largest absolute Gasteiger partial charge is 0.466 e. The number of amides is 1. The van der Waals surface area contributed by atoms with Crippen LogP contribution in [-0.2, 0) is 14.3 Å². The summed E-state index contributed by atoms with van der Waals surface area (Å²) >= 11 is 0. The minimum Gasteiger partial charge on any atom is -0.466 e. The fourth-order valence-electron chi connectivity index (χ4n) is 8.63. The molecule has 0 spiro atoms. The second kappa shape index (κ2) is 53.0. The number of rotatable bonds is 52. The van der Waals surface area contributed by atoms with Gasteiger partial charge in [0.15, 0.2) is 0 Å². The molecule has 0 saturated heterocycles. The summed E-state index contributed by atoms with van der Waals surface area (Å²) in [6.45, 7) is 4.87. The minimum absolute atomic E-state index is 0.0398. The minimum atomic E-state index is -0.683. The van der Waals surface area contributed by atoms with E-state index in [9.17, 15) is 19.8 Å². The maximum atomic E-state index is 12.5. The van der Waals surface area contributed by atoms with E-state index in [4.69, 9.17) is 4.74 Å². The van der Waals surface area contributed by atoms with Crippen LogP contribution >= 0.6 is 0 Å². The summed E-state index contributed by atoms with van der Waals surface area (Å²) in [5.74, 6) is -0.102. The molecule has 3 N–H and O–H groups in total. The second-order valence-corrected chi connectivity index (χ2v) is 19.3. The number of carbonyl (C=O) groups excluding carboxylic acids is 2. The zero-order chi connectivity index (χ0) is 45.8. The van der Waals surface area contributed by atoms with Crippen LogP contribution in [0.15, 0.2) is 24.3 Å². The van der Waals surface area contributed by atoms with Gasteiger partial charge in [-0.05, 0) is 77.0 Å². The zero-order valence-corrected chi connectivity index (χ0v) is 42.3.